The minimum absolute atomic E-state index is 0.131. The zero-order chi connectivity index (χ0) is 20.9. The molecule has 0 amide bonds. The van der Waals surface area contributed by atoms with Crippen molar-refractivity contribution >= 4 is 11.8 Å². The van der Waals surface area contributed by atoms with Gasteiger partial charge in [-0.25, -0.2) is 0 Å². The molecule has 0 fully saturated rings. The van der Waals surface area contributed by atoms with E-state index < -0.39 is 0 Å². The Labute approximate surface area is 178 Å². The van der Waals surface area contributed by atoms with E-state index in [1.165, 1.54) is 16.7 Å². The Balaban J connectivity index is 1.68. The SMILES string of the molecule is C=CCn1c(COc2ccc(C(C)(C)C)cc2)nnc1SCc1ccccc1C. The molecule has 3 rings (SSSR count). The van der Waals surface area contributed by atoms with Crippen LogP contribution in [0.1, 0.15) is 43.3 Å². The van der Waals surface area contributed by atoms with Gasteiger partial charge in [0.05, 0.1) is 0 Å². The van der Waals surface area contributed by atoms with Gasteiger partial charge in [-0.2, -0.15) is 0 Å². The van der Waals surface area contributed by atoms with Crippen LogP contribution in [0.2, 0.25) is 0 Å². The lowest BCUT2D eigenvalue weighted by atomic mass is 9.87. The van der Waals surface area contributed by atoms with Gasteiger partial charge in [-0.15, -0.1) is 16.8 Å². The number of rotatable bonds is 8. The molecule has 2 aromatic carbocycles. The second kappa shape index (κ2) is 9.31. The van der Waals surface area contributed by atoms with E-state index in [-0.39, 0.29) is 5.41 Å². The largest absolute Gasteiger partial charge is 0.486 e. The molecule has 0 spiro atoms. The average Bonchev–Trinajstić information content (AvgIpc) is 3.07. The van der Waals surface area contributed by atoms with E-state index in [2.05, 4.69) is 85.4 Å². The fourth-order valence-electron chi connectivity index (χ4n) is 2.96. The molecule has 0 aliphatic heterocycles. The van der Waals surface area contributed by atoms with Gasteiger partial charge < -0.3 is 4.74 Å². The predicted octanol–water partition coefficient (Wildman–Crippen LogP) is 5.94. The van der Waals surface area contributed by atoms with Gasteiger partial charge in [0.2, 0.25) is 0 Å². The maximum atomic E-state index is 5.98. The van der Waals surface area contributed by atoms with Crippen molar-refractivity contribution in [2.24, 2.45) is 0 Å². The average molecular weight is 408 g/mol. The lowest BCUT2D eigenvalue weighted by molar-refractivity contribution is 0.289. The lowest BCUT2D eigenvalue weighted by Gasteiger charge is -2.19. The first-order valence-electron chi connectivity index (χ1n) is 9.82. The molecular weight excluding hydrogens is 378 g/mol. The summed E-state index contributed by atoms with van der Waals surface area (Å²) in [5.74, 6) is 2.49. The molecule has 0 bridgehead atoms. The summed E-state index contributed by atoms with van der Waals surface area (Å²) in [7, 11) is 0. The maximum Gasteiger partial charge on any atom is 0.191 e. The summed E-state index contributed by atoms with van der Waals surface area (Å²) in [5, 5.41) is 9.63. The van der Waals surface area contributed by atoms with Gasteiger partial charge in [0.25, 0.3) is 0 Å². The lowest BCUT2D eigenvalue weighted by Crippen LogP contribution is -2.11. The van der Waals surface area contributed by atoms with Crippen LogP contribution in [-0.4, -0.2) is 14.8 Å². The standard InChI is InChI=1S/C24H29N3OS/c1-6-15-27-22(16-28-21-13-11-20(12-14-21)24(3,4)5)25-26-23(27)29-17-19-10-8-7-9-18(19)2/h6-14H,1,15-17H2,2-5H3. The van der Waals surface area contributed by atoms with Crippen LogP contribution in [0.15, 0.2) is 66.3 Å². The normalized spacial score (nSPS) is 11.4. The predicted molar refractivity (Wildman–Crippen MR) is 120 cm³/mol. The van der Waals surface area contributed by atoms with Gasteiger partial charge >= 0.3 is 0 Å². The van der Waals surface area contributed by atoms with Crippen molar-refractivity contribution in [3.8, 4) is 5.75 Å². The minimum Gasteiger partial charge on any atom is -0.486 e. The zero-order valence-corrected chi connectivity index (χ0v) is 18.5. The Morgan fingerprint density at radius 3 is 2.45 bits per heavy atom. The molecule has 0 N–H and O–H groups in total. The number of hydrogen-bond donors (Lipinski definition) is 0. The molecule has 1 heterocycles. The van der Waals surface area contributed by atoms with E-state index in [9.17, 15) is 0 Å². The molecule has 0 unspecified atom stereocenters. The minimum atomic E-state index is 0.131. The van der Waals surface area contributed by atoms with Crippen molar-refractivity contribution in [1.29, 1.82) is 0 Å². The second-order valence-corrected chi connectivity index (χ2v) is 9.02. The van der Waals surface area contributed by atoms with Crippen LogP contribution in [0.3, 0.4) is 0 Å². The summed E-state index contributed by atoms with van der Waals surface area (Å²) in [4.78, 5) is 0. The van der Waals surface area contributed by atoms with E-state index in [0.717, 1.165) is 22.5 Å². The molecule has 0 radical (unpaired) electrons. The van der Waals surface area contributed by atoms with Crippen LogP contribution in [0.4, 0.5) is 0 Å². The smallest absolute Gasteiger partial charge is 0.191 e. The van der Waals surface area contributed by atoms with Crippen molar-refractivity contribution in [3.63, 3.8) is 0 Å². The number of allylic oxidation sites excluding steroid dienone is 1. The van der Waals surface area contributed by atoms with Gasteiger partial charge in [-0.3, -0.25) is 4.57 Å². The van der Waals surface area contributed by atoms with Crippen molar-refractivity contribution in [3.05, 3.63) is 83.7 Å². The molecule has 0 saturated heterocycles. The molecule has 0 saturated carbocycles. The molecule has 29 heavy (non-hydrogen) atoms. The first-order chi connectivity index (χ1) is 13.9. The van der Waals surface area contributed by atoms with Crippen molar-refractivity contribution < 1.29 is 4.74 Å². The molecule has 1 aromatic heterocycles. The molecule has 0 aliphatic carbocycles. The van der Waals surface area contributed by atoms with Crippen LogP contribution in [0.25, 0.3) is 0 Å². The van der Waals surface area contributed by atoms with Gasteiger partial charge in [0.15, 0.2) is 11.0 Å². The third-order valence-electron chi connectivity index (χ3n) is 4.81. The third kappa shape index (κ3) is 5.51. The summed E-state index contributed by atoms with van der Waals surface area (Å²) in [6.07, 6.45) is 1.86. The summed E-state index contributed by atoms with van der Waals surface area (Å²) < 4.78 is 8.04. The fourth-order valence-corrected chi connectivity index (χ4v) is 4.00. The first kappa shape index (κ1) is 21.2. The van der Waals surface area contributed by atoms with Gasteiger partial charge in [0.1, 0.15) is 12.4 Å². The zero-order valence-electron chi connectivity index (χ0n) is 17.7. The summed E-state index contributed by atoms with van der Waals surface area (Å²) in [6.45, 7) is 13.7. The molecule has 5 heteroatoms. The molecule has 0 atom stereocenters. The highest BCUT2D eigenvalue weighted by molar-refractivity contribution is 7.98. The summed E-state index contributed by atoms with van der Waals surface area (Å²) in [5.41, 5.74) is 4.01. The van der Waals surface area contributed by atoms with Crippen LogP contribution in [0, 0.1) is 6.92 Å². The number of hydrogen-bond acceptors (Lipinski definition) is 4. The van der Waals surface area contributed by atoms with E-state index in [4.69, 9.17) is 4.74 Å². The number of aromatic nitrogens is 3. The van der Waals surface area contributed by atoms with Crippen LogP contribution in [0.5, 0.6) is 5.75 Å². The van der Waals surface area contributed by atoms with Crippen LogP contribution >= 0.6 is 11.8 Å². The summed E-state index contributed by atoms with van der Waals surface area (Å²) >= 11 is 1.69. The Hall–Kier alpha value is -2.53. The topological polar surface area (TPSA) is 39.9 Å². The number of nitrogens with zero attached hydrogens (tertiary/aromatic N) is 3. The van der Waals surface area contributed by atoms with Gasteiger partial charge in [0, 0.05) is 12.3 Å². The highest BCUT2D eigenvalue weighted by Crippen LogP contribution is 2.26. The Morgan fingerprint density at radius 1 is 1.07 bits per heavy atom. The van der Waals surface area contributed by atoms with Gasteiger partial charge in [-0.05, 0) is 41.2 Å². The Morgan fingerprint density at radius 2 is 1.79 bits per heavy atom. The fraction of sp³-hybridized carbons (Fsp3) is 0.333. The van der Waals surface area contributed by atoms with Crippen LogP contribution < -0.4 is 4.74 Å². The highest BCUT2D eigenvalue weighted by atomic mass is 32.2. The third-order valence-corrected chi connectivity index (χ3v) is 5.83. The Kier molecular flexibility index (Phi) is 6.80. The van der Waals surface area contributed by atoms with Gasteiger partial charge in [-0.1, -0.05) is 75.0 Å². The Bertz CT molecular complexity index is 955. The van der Waals surface area contributed by atoms with E-state index >= 15 is 0 Å². The monoisotopic (exact) mass is 407 g/mol. The molecular formula is C24H29N3OS. The number of thioether (sulfide) groups is 1. The first-order valence-corrected chi connectivity index (χ1v) is 10.8. The van der Waals surface area contributed by atoms with Crippen molar-refractivity contribution in [2.75, 3.05) is 0 Å². The van der Waals surface area contributed by atoms with Crippen molar-refractivity contribution in [1.82, 2.24) is 14.8 Å². The second-order valence-electron chi connectivity index (χ2n) is 8.08. The molecule has 4 nitrogen and oxygen atoms in total. The molecule has 3 aromatic rings. The van der Waals surface area contributed by atoms with E-state index in [1.54, 1.807) is 11.8 Å². The number of benzene rings is 2. The summed E-state index contributed by atoms with van der Waals surface area (Å²) in [6, 6.07) is 16.7. The molecule has 152 valence electrons. The number of aryl methyl sites for hydroxylation is 1. The van der Waals surface area contributed by atoms with Crippen LogP contribution in [-0.2, 0) is 24.3 Å². The number of ether oxygens (including phenoxy) is 1. The quantitative estimate of drug-likeness (QED) is 0.342. The molecule has 0 aliphatic rings. The highest BCUT2D eigenvalue weighted by Gasteiger charge is 2.15. The van der Waals surface area contributed by atoms with Crippen molar-refractivity contribution in [2.45, 2.75) is 57.2 Å². The maximum absolute atomic E-state index is 5.98. The van der Waals surface area contributed by atoms with E-state index in [1.807, 2.05) is 18.2 Å². The van der Waals surface area contributed by atoms with E-state index in [0.29, 0.717) is 13.2 Å².